The van der Waals surface area contributed by atoms with Gasteiger partial charge in [0.1, 0.15) is 11.6 Å². The number of thiocarbonyl (C=S) groups is 1. The first kappa shape index (κ1) is 21.9. The highest BCUT2D eigenvalue weighted by Crippen LogP contribution is 2.13. The summed E-state index contributed by atoms with van der Waals surface area (Å²) < 4.78 is 11.2. The number of carbonyl (C=O) groups excluding carboxylic acids is 1. The fourth-order valence-electron chi connectivity index (χ4n) is 1.87. The van der Waals surface area contributed by atoms with E-state index >= 15 is 0 Å². The predicted octanol–water partition coefficient (Wildman–Crippen LogP) is 3.37. The third-order valence-electron chi connectivity index (χ3n) is 2.93. The van der Waals surface area contributed by atoms with E-state index in [4.69, 9.17) is 27.0 Å². The maximum absolute atomic E-state index is 12.5. The Balaban J connectivity index is 2.80. The summed E-state index contributed by atoms with van der Waals surface area (Å²) in [6.07, 6.45) is 0. The fraction of sp³-hybridized carbons (Fsp3) is 0.526. The van der Waals surface area contributed by atoms with Crippen LogP contribution in [0.1, 0.15) is 47.1 Å². The number of ether oxygens (including phenoxy) is 2. The molecule has 0 bridgehead atoms. The average Bonchev–Trinajstić information content (AvgIpc) is 2.48. The van der Waals surface area contributed by atoms with Crippen molar-refractivity contribution >= 4 is 29.0 Å². The van der Waals surface area contributed by atoms with E-state index in [9.17, 15) is 4.79 Å². The van der Waals surface area contributed by atoms with Crippen LogP contribution >= 0.6 is 12.2 Å². The van der Waals surface area contributed by atoms with Crippen molar-refractivity contribution in [2.75, 3.05) is 11.9 Å². The smallest absolute Gasteiger partial charge is 0.331 e. The Morgan fingerprint density at radius 2 is 1.88 bits per heavy atom. The van der Waals surface area contributed by atoms with Crippen LogP contribution in [0.15, 0.2) is 24.3 Å². The third kappa shape index (κ3) is 8.79. The minimum atomic E-state index is -0.757. The number of carbonyl (C=O) groups is 1. The molecule has 0 aromatic heterocycles. The zero-order valence-corrected chi connectivity index (χ0v) is 17.0. The summed E-state index contributed by atoms with van der Waals surface area (Å²) in [5.41, 5.74) is 0.145. The van der Waals surface area contributed by atoms with Crippen molar-refractivity contribution in [3.8, 4) is 6.07 Å². The summed E-state index contributed by atoms with van der Waals surface area (Å²) in [6, 6.07) is 8.20. The number of nitrogens with zero attached hydrogens (tertiary/aromatic N) is 1. The molecular weight excluding hydrogens is 350 g/mol. The molecule has 0 fully saturated rings. The van der Waals surface area contributed by atoms with Crippen LogP contribution in [0.4, 0.5) is 5.69 Å². The lowest BCUT2D eigenvalue weighted by Crippen LogP contribution is -2.49. The molecule has 7 heteroatoms. The van der Waals surface area contributed by atoms with E-state index in [2.05, 4.69) is 16.7 Å². The first-order chi connectivity index (χ1) is 11.9. The van der Waals surface area contributed by atoms with Gasteiger partial charge in [-0.3, -0.25) is 0 Å². The van der Waals surface area contributed by atoms with E-state index in [1.54, 1.807) is 45.0 Å². The normalized spacial score (nSPS) is 12.7. The van der Waals surface area contributed by atoms with E-state index in [1.165, 1.54) is 0 Å². The molecule has 142 valence electrons. The number of nitrogens with one attached hydrogen (secondary N) is 2. The molecule has 0 radical (unpaired) electrons. The van der Waals surface area contributed by atoms with Crippen molar-refractivity contribution < 1.29 is 14.3 Å². The molecule has 0 saturated heterocycles. The van der Waals surface area contributed by atoms with Gasteiger partial charge >= 0.3 is 5.97 Å². The number of anilines is 1. The second-order valence-corrected chi connectivity index (χ2v) is 8.21. The summed E-state index contributed by atoms with van der Waals surface area (Å²) in [6.45, 7) is 11.2. The minimum absolute atomic E-state index is 0.110. The molecule has 1 aromatic carbocycles. The van der Waals surface area contributed by atoms with E-state index in [1.807, 2.05) is 20.8 Å². The molecule has 2 N–H and O–H groups in total. The Morgan fingerprint density at radius 1 is 1.23 bits per heavy atom. The SMILES string of the molecule is CC(C)(C)OCC(NC(=S)Nc1cccc(C#N)c1)C(=O)OC(C)(C)C. The zero-order valence-electron chi connectivity index (χ0n) is 16.2. The zero-order chi connectivity index (χ0) is 20.0. The fourth-order valence-corrected chi connectivity index (χ4v) is 2.13. The molecule has 0 aliphatic carbocycles. The Hall–Kier alpha value is -2.17. The lowest BCUT2D eigenvalue weighted by molar-refractivity contribution is -0.159. The summed E-state index contributed by atoms with van der Waals surface area (Å²) in [4.78, 5) is 12.5. The van der Waals surface area contributed by atoms with Gasteiger partial charge in [0.05, 0.1) is 23.8 Å². The molecule has 1 atom stereocenters. The van der Waals surface area contributed by atoms with Crippen molar-refractivity contribution in [2.45, 2.75) is 58.8 Å². The van der Waals surface area contributed by atoms with Crippen LogP contribution in [0, 0.1) is 11.3 Å². The predicted molar refractivity (Wildman–Crippen MR) is 106 cm³/mol. The molecule has 0 aliphatic rings. The van der Waals surface area contributed by atoms with Crippen molar-refractivity contribution in [3.05, 3.63) is 29.8 Å². The minimum Gasteiger partial charge on any atom is -0.458 e. The summed E-state index contributed by atoms with van der Waals surface area (Å²) >= 11 is 5.29. The van der Waals surface area contributed by atoms with Gasteiger partial charge in [0.15, 0.2) is 5.11 Å². The molecule has 1 aromatic rings. The van der Waals surface area contributed by atoms with Gasteiger partial charge in [0, 0.05) is 5.69 Å². The van der Waals surface area contributed by atoms with E-state index in [-0.39, 0.29) is 11.7 Å². The standard InChI is InChI=1S/C19H27N3O3S/c1-18(2,3)24-12-15(16(23)25-19(4,5)6)22-17(26)21-14-9-7-8-13(10-14)11-20/h7-10,15H,12H2,1-6H3,(H2,21,22,26). The van der Waals surface area contributed by atoms with Crippen LogP contribution in [0.3, 0.4) is 0 Å². The quantitative estimate of drug-likeness (QED) is 0.601. The molecule has 26 heavy (non-hydrogen) atoms. The van der Waals surface area contributed by atoms with Gasteiger partial charge < -0.3 is 20.1 Å². The van der Waals surface area contributed by atoms with Crippen LogP contribution in [-0.2, 0) is 14.3 Å². The van der Waals surface area contributed by atoms with Crippen LogP contribution < -0.4 is 10.6 Å². The lowest BCUT2D eigenvalue weighted by Gasteiger charge is -2.28. The molecular formula is C19H27N3O3S. The summed E-state index contributed by atoms with van der Waals surface area (Å²) in [7, 11) is 0. The Kier molecular flexibility index (Phi) is 7.54. The highest BCUT2D eigenvalue weighted by Gasteiger charge is 2.27. The van der Waals surface area contributed by atoms with Gasteiger partial charge in [-0.15, -0.1) is 0 Å². The van der Waals surface area contributed by atoms with Crippen molar-refractivity contribution in [1.29, 1.82) is 5.26 Å². The molecule has 0 saturated carbocycles. The number of hydrogen-bond acceptors (Lipinski definition) is 5. The maximum Gasteiger partial charge on any atom is 0.331 e. The molecule has 1 unspecified atom stereocenters. The van der Waals surface area contributed by atoms with Gasteiger partial charge in [0.2, 0.25) is 0 Å². The van der Waals surface area contributed by atoms with Gasteiger partial charge in [-0.05, 0) is 72.0 Å². The van der Waals surface area contributed by atoms with Crippen LogP contribution in [0.25, 0.3) is 0 Å². The highest BCUT2D eigenvalue weighted by atomic mass is 32.1. The Labute approximate surface area is 160 Å². The molecule has 0 heterocycles. The Bertz CT molecular complexity index is 684. The molecule has 1 rings (SSSR count). The van der Waals surface area contributed by atoms with Crippen LogP contribution in [-0.4, -0.2) is 34.9 Å². The van der Waals surface area contributed by atoms with E-state index < -0.39 is 23.2 Å². The van der Waals surface area contributed by atoms with Gasteiger partial charge in [-0.25, -0.2) is 4.79 Å². The molecule has 0 spiro atoms. The summed E-state index contributed by atoms with van der Waals surface area (Å²) in [5.74, 6) is -0.448. The van der Waals surface area contributed by atoms with Crippen molar-refractivity contribution in [2.24, 2.45) is 0 Å². The first-order valence-electron chi connectivity index (χ1n) is 8.34. The maximum atomic E-state index is 12.5. The largest absolute Gasteiger partial charge is 0.458 e. The molecule has 0 amide bonds. The first-order valence-corrected chi connectivity index (χ1v) is 8.75. The van der Waals surface area contributed by atoms with Crippen molar-refractivity contribution in [1.82, 2.24) is 5.32 Å². The second-order valence-electron chi connectivity index (χ2n) is 7.80. The van der Waals surface area contributed by atoms with Crippen molar-refractivity contribution in [3.63, 3.8) is 0 Å². The topological polar surface area (TPSA) is 83.4 Å². The number of esters is 1. The van der Waals surface area contributed by atoms with Gasteiger partial charge in [0.25, 0.3) is 0 Å². The van der Waals surface area contributed by atoms with Gasteiger partial charge in [-0.1, -0.05) is 6.07 Å². The summed E-state index contributed by atoms with van der Waals surface area (Å²) in [5, 5.41) is 15.1. The van der Waals surface area contributed by atoms with E-state index in [0.29, 0.717) is 11.3 Å². The number of rotatable bonds is 5. The monoisotopic (exact) mass is 377 g/mol. The Morgan fingerprint density at radius 3 is 2.42 bits per heavy atom. The van der Waals surface area contributed by atoms with E-state index in [0.717, 1.165) is 0 Å². The van der Waals surface area contributed by atoms with Crippen LogP contribution in [0.5, 0.6) is 0 Å². The molecule has 6 nitrogen and oxygen atoms in total. The number of hydrogen-bond donors (Lipinski definition) is 2. The lowest BCUT2D eigenvalue weighted by atomic mass is 10.1. The number of benzene rings is 1. The molecule has 0 aliphatic heterocycles. The highest BCUT2D eigenvalue weighted by molar-refractivity contribution is 7.80. The number of nitriles is 1. The third-order valence-corrected chi connectivity index (χ3v) is 3.15. The van der Waals surface area contributed by atoms with Gasteiger partial charge in [-0.2, -0.15) is 5.26 Å². The van der Waals surface area contributed by atoms with Crippen LogP contribution in [0.2, 0.25) is 0 Å². The average molecular weight is 378 g/mol. The second kappa shape index (κ2) is 8.97.